The predicted molar refractivity (Wildman–Crippen MR) is 73.8 cm³/mol. The van der Waals surface area contributed by atoms with E-state index in [1.54, 1.807) is 10.7 Å². The molecule has 0 bridgehead atoms. The van der Waals surface area contributed by atoms with Crippen molar-refractivity contribution < 1.29 is 9.90 Å². The zero-order valence-corrected chi connectivity index (χ0v) is 11.3. The van der Waals surface area contributed by atoms with Crippen LogP contribution in [0.15, 0.2) is 18.2 Å². The van der Waals surface area contributed by atoms with Gasteiger partial charge in [-0.1, -0.05) is 6.92 Å². The van der Waals surface area contributed by atoms with Crippen molar-refractivity contribution in [3.63, 3.8) is 0 Å². The highest BCUT2D eigenvalue weighted by Crippen LogP contribution is 2.23. The zero-order valence-electron chi connectivity index (χ0n) is 11.3. The van der Waals surface area contributed by atoms with E-state index in [2.05, 4.69) is 12.0 Å². The molecule has 0 fully saturated rings. The number of rotatable bonds is 3. The van der Waals surface area contributed by atoms with Gasteiger partial charge in [0, 0.05) is 5.69 Å². The Morgan fingerprint density at radius 3 is 2.58 bits per heavy atom. The molecule has 0 aliphatic rings. The van der Waals surface area contributed by atoms with E-state index >= 15 is 0 Å². The van der Waals surface area contributed by atoms with Gasteiger partial charge in [-0.3, -0.25) is 0 Å². The maximum absolute atomic E-state index is 10.9. The maximum atomic E-state index is 10.9. The van der Waals surface area contributed by atoms with Gasteiger partial charge < -0.3 is 10.8 Å². The summed E-state index contributed by atoms with van der Waals surface area (Å²) in [7, 11) is 0. The Morgan fingerprint density at radius 2 is 2.11 bits per heavy atom. The molecule has 0 saturated heterocycles. The lowest BCUT2D eigenvalue weighted by Gasteiger charge is -2.09. The summed E-state index contributed by atoms with van der Waals surface area (Å²) in [6.45, 7) is 6.03. The van der Waals surface area contributed by atoms with Crippen LogP contribution in [0.5, 0.6) is 0 Å². The van der Waals surface area contributed by atoms with E-state index in [0.717, 1.165) is 17.8 Å². The SMILES string of the molecule is CCc1c(C)nn(-c2ccc(C(=O)O)cc2N)c1C. The van der Waals surface area contributed by atoms with Crippen LogP contribution in [0.1, 0.15) is 34.2 Å². The summed E-state index contributed by atoms with van der Waals surface area (Å²) in [5.41, 5.74) is 10.4. The smallest absolute Gasteiger partial charge is 0.335 e. The molecule has 1 aromatic heterocycles. The number of nitrogen functional groups attached to an aromatic ring is 1. The Morgan fingerprint density at radius 1 is 1.42 bits per heavy atom. The molecule has 2 aromatic rings. The zero-order chi connectivity index (χ0) is 14.2. The summed E-state index contributed by atoms with van der Waals surface area (Å²) < 4.78 is 1.77. The molecule has 1 aromatic carbocycles. The minimum Gasteiger partial charge on any atom is -0.478 e. The first-order valence-electron chi connectivity index (χ1n) is 6.14. The summed E-state index contributed by atoms with van der Waals surface area (Å²) in [6.07, 6.45) is 0.908. The van der Waals surface area contributed by atoms with Crippen LogP contribution in [0.2, 0.25) is 0 Å². The van der Waals surface area contributed by atoms with Crippen molar-refractivity contribution in [2.45, 2.75) is 27.2 Å². The van der Waals surface area contributed by atoms with Crippen molar-refractivity contribution >= 4 is 11.7 Å². The van der Waals surface area contributed by atoms with Crippen LogP contribution in [0.25, 0.3) is 5.69 Å². The highest BCUT2D eigenvalue weighted by molar-refractivity contribution is 5.89. The number of aryl methyl sites for hydroxylation is 1. The van der Waals surface area contributed by atoms with Crippen LogP contribution in [0.4, 0.5) is 5.69 Å². The molecule has 0 unspecified atom stereocenters. The number of hydrogen-bond donors (Lipinski definition) is 2. The molecule has 0 amide bonds. The van der Waals surface area contributed by atoms with Crippen LogP contribution in [0.3, 0.4) is 0 Å². The minimum absolute atomic E-state index is 0.179. The standard InChI is InChI=1S/C14H17N3O2/c1-4-11-8(2)16-17(9(11)3)13-6-5-10(14(18)19)7-12(13)15/h5-7H,4,15H2,1-3H3,(H,18,19). The molecule has 0 aliphatic heterocycles. The largest absolute Gasteiger partial charge is 0.478 e. The second kappa shape index (κ2) is 4.76. The highest BCUT2D eigenvalue weighted by atomic mass is 16.4. The van der Waals surface area contributed by atoms with Gasteiger partial charge in [-0.2, -0.15) is 5.10 Å². The second-order valence-corrected chi connectivity index (χ2v) is 4.49. The number of hydrogen-bond acceptors (Lipinski definition) is 3. The quantitative estimate of drug-likeness (QED) is 0.829. The van der Waals surface area contributed by atoms with Gasteiger partial charge in [0.25, 0.3) is 0 Å². The maximum Gasteiger partial charge on any atom is 0.335 e. The molecule has 19 heavy (non-hydrogen) atoms. The molecule has 0 aliphatic carbocycles. The van der Waals surface area contributed by atoms with Gasteiger partial charge in [-0.05, 0) is 44.0 Å². The molecule has 0 atom stereocenters. The number of nitrogens with two attached hydrogens (primary N) is 1. The average Bonchev–Trinajstić information content (AvgIpc) is 2.64. The second-order valence-electron chi connectivity index (χ2n) is 4.49. The third-order valence-electron chi connectivity index (χ3n) is 3.30. The molecule has 0 spiro atoms. The van der Waals surface area contributed by atoms with Crippen LogP contribution < -0.4 is 5.73 Å². The predicted octanol–water partition coefficient (Wildman–Crippen LogP) is 2.33. The Balaban J connectivity index is 2.57. The summed E-state index contributed by atoms with van der Waals surface area (Å²) in [5.74, 6) is -0.985. The van der Waals surface area contributed by atoms with Gasteiger partial charge in [0.05, 0.1) is 22.6 Å². The highest BCUT2D eigenvalue weighted by Gasteiger charge is 2.14. The first-order chi connectivity index (χ1) is 8.95. The van der Waals surface area contributed by atoms with Crippen molar-refractivity contribution in [2.24, 2.45) is 0 Å². The molecule has 5 nitrogen and oxygen atoms in total. The number of benzene rings is 1. The lowest BCUT2D eigenvalue weighted by atomic mass is 10.1. The van der Waals surface area contributed by atoms with Gasteiger partial charge in [0.1, 0.15) is 0 Å². The number of aromatic carboxylic acids is 1. The van der Waals surface area contributed by atoms with Crippen LogP contribution >= 0.6 is 0 Å². The molecule has 1 heterocycles. The van der Waals surface area contributed by atoms with Gasteiger partial charge in [-0.25, -0.2) is 9.48 Å². The summed E-state index contributed by atoms with van der Waals surface area (Å²) in [5, 5.41) is 13.4. The van der Waals surface area contributed by atoms with E-state index in [4.69, 9.17) is 10.8 Å². The van der Waals surface area contributed by atoms with E-state index in [-0.39, 0.29) is 5.56 Å². The first-order valence-corrected chi connectivity index (χ1v) is 6.14. The number of aromatic nitrogens is 2. The van der Waals surface area contributed by atoms with Crippen molar-refractivity contribution in [3.05, 3.63) is 40.7 Å². The Labute approximate surface area is 111 Å². The molecule has 100 valence electrons. The Kier molecular flexibility index (Phi) is 3.29. The van der Waals surface area contributed by atoms with E-state index in [1.807, 2.05) is 13.8 Å². The average molecular weight is 259 g/mol. The van der Waals surface area contributed by atoms with Gasteiger partial charge >= 0.3 is 5.97 Å². The first kappa shape index (κ1) is 13.1. The number of carbonyl (C=O) groups is 1. The van der Waals surface area contributed by atoms with E-state index in [0.29, 0.717) is 11.4 Å². The molecule has 5 heteroatoms. The molecule has 0 saturated carbocycles. The molecule has 0 radical (unpaired) electrons. The number of carboxylic acid groups (broad SMARTS) is 1. The van der Waals surface area contributed by atoms with Gasteiger partial charge in [-0.15, -0.1) is 0 Å². The third-order valence-corrected chi connectivity index (χ3v) is 3.30. The van der Waals surface area contributed by atoms with Crippen molar-refractivity contribution in [3.8, 4) is 5.69 Å². The molecule has 2 rings (SSSR count). The number of nitrogens with zero attached hydrogens (tertiary/aromatic N) is 2. The number of carboxylic acids is 1. The molecular weight excluding hydrogens is 242 g/mol. The van der Waals surface area contributed by atoms with Crippen molar-refractivity contribution in [2.75, 3.05) is 5.73 Å². The topological polar surface area (TPSA) is 81.1 Å². The fraction of sp³-hybridized carbons (Fsp3) is 0.286. The summed E-state index contributed by atoms with van der Waals surface area (Å²) in [6, 6.07) is 4.69. The van der Waals surface area contributed by atoms with Crippen molar-refractivity contribution in [1.82, 2.24) is 9.78 Å². The van der Waals surface area contributed by atoms with E-state index in [9.17, 15) is 4.79 Å². The fourth-order valence-corrected chi connectivity index (χ4v) is 2.30. The van der Waals surface area contributed by atoms with E-state index < -0.39 is 5.97 Å². The van der Waals surface area contributed by atoms with Crippen LogP contribution in [-0.4, -0.2) is 20.9 Å². The lowest BCUT2D eigenvalue weighted by Crippen LogP contribution is -2.06. The van der Waals surface area contributed by atoms with Crippen LogP contribution in [-0.2, 0) is 6.42 Å². The van der Waals surface area contributed by atoms with E-state index in [1.165, 1.54) is 17.7 Å². The lowest BCUT2D eigenvalue weighted by molar-refractivity contribution is 0.0697. The minimum atomic E-state index is -0.985. The van der Waals surface area contributed by atoms with Gasteiger partial charge in [0.15, 0.2) is 0 Å². The monoisotopic (exact) mass is 259 g/mol. The Hall–Kier alpha value is -2.30. The fourth-order valence-electron chi connectivity index (χ4n) is 2.30. The van der Waals surface area contributed by atoms with Crippen molar-refractivity contribution in [1.29, 1.82) is 0 Å². The number of anilines is 1. The molecular formula is C14H17N3O2. The van der Waals surface area contributed by atoms with Crippen LogP contribution in [0, 0.1) is 13.8 Å². The Bertz CT molecular complexity index is 644. The summed E-state index contributed by atoms with van der Waals surface area (Å²) in [4.78, 5) is 10.9. The third kappa shape index (κ3) is 2.19. The summed E-state index contributed by atoms with van der Waals surface area (Å²) >= 11 is 0. The normalized spacial score (nSPS) is 10.7. The molecule has 3 N–H and O–H groups in total. The van der Waals surface area contributed by atoms with Gasteiger partial charge in [0.2, 0.25) is 0 Å².